The Hall–Kier alpha value is -3.03. The Bertz CT molecular complexity index is 1110. The van der Waals surface area contributed by atoms with Crippen LogP contribution in [0.25, 0.3) is 16.9 Å². The molecule has 1 saturated heterocycles. The number of hydrogen-bond acceptors (Lipinski definition) is 5. The summed E-state index contributed by atoms with van der Waals surface area (Å²) in [6.07, 6.45) is 9.91. The monoisotopic (exact) mass is 387 g/mol. The van der Waals surface area contributed by atoms with E-state index in [-0.39, 0.29) is 6.04 Å². The van der Waals surface area contributed by atoms with Crippen LogP contribution >= 0.6 is 0 Å². The van der Waals surface area contributed by atoms with E-state index in [1.165, 1.54) is 5.56 Å². The number of piperazine rings is 1. The lowest BCUT2D eigenvalue weighted by Crippen LogP contribution is -2.46. The van der Waals surface area contributed by atoms with Crippen molar-refractivity contribution in [3.05, 3.63) is 72.6 Å². The van der Waals surface area contributed by atoms with Crippen LogP contribution in [-0.4, -0.2) is 60.6 Å². The van der Waals surface area contributed by atoms with Gasteiger partial charge in [0, 0.05) is 69.1 Å². The third kappa shape index (κ3) is 3.54. The Morgan fingerprint density at radius 1 is 1.03 bits per heavy atom. The Labute approximate surface area is 170 Å². The highest BCUT2D eigenvalue weighted by Gasteiger charge is 2.28. The van der Waals surface area contributed by atoms with Crippen LogP contribution in [0.2, 0.25) is 0 Å². The van der Waals surface area contributed by atoms with Crippen molar-refractivity contribution >= 4 is 5.65 Å². The van der Waals surface area contributed by atoms with E-state index in [0.717, 1.165) is 48.8 Å². The van der Waals surface area contributed by atoms with Gasteiger partial charge >= 0.3 is 0 Å². The summed E-state index contributed by atoms with van der Waals surface area (Å²) in [5.41, 5.74) is 5.63. The van der Waals surface area contributed by atoms with Crippen LogP contribution in [0.15, 0.2) is 61.3 Å². The second kappa shape index (κ2) is 7.42. The molecule has 1 fully saturated rings. The fourth-order valence-corrected chi connectivity index (χ4v) is 4.15. The Balaban J connectivity index is 1.44. The highest BCUT2D eigenvalue weighted by Crippen LogP contribution is 2.27. The molecule has 1 aliphatic rings. The van der Waals surface area contributed by atoms with E-state index < -0.39 is 0 Å². The number of rotatable bonds is 4. The summed E-state index contributed by atoms with van der Waals surface area (Å²) in [5, 5.41) is 4.30. The quantitative estimate of drug-likeness (QED) is 0.539. The molecule has 0 amide bonds. The molecule has 1 atom stereocenters. The average molecular weight is 387 g/mol. The summed E-state index contributed by atoms with van der Waals surface area (Å²) in [6, 6.07) is 10.6. The van der Waals surface area contributed by atoms with Crippen molar-refractivity contribution in [1.29, 1.82) is 0 Å². The number of pyridine rings is 2. The SMILES string of the molecule is CN1CCN(Cc2cnn(C)c2)CC1c1cn2c(-c3ccncc3)cccc2n1. The maximum atomic E-state index is 4.98. The highest BCUT2D eigenvalue weighted by atomic mass is 15.3. The topological polar surface area (TPSA) is 54.5 Å². The molecule has 0 N–H and O–H groups in total. The molecule has 5 rings (SSSR count). The number of nitrogens with zero attached hydrogens (tertiary/aromatic N) is 7. The average Bonchev–Trinajstić information content (AvgIpc) is 3.35. The zero-order chi connectivity index (χ0) is 19.8. The molecule has 148 valence electrons. The van der Waals surface area contributed by atoms with E-state index in [0.29, 0.717) is 0 Å². The fourth-order valence-electron chi connectivity index (χ4n) is 4.15. The van der Waals surface area contributed by atoms with Crippen molar-refractivity contribution in [2.45, 2.75) is 12.6 Å². The summed E-state index contributed by atoms with van der Waals surface area (Å²) in [7, 11) is 4.16. The van der Waals surface area contributed by atoms with E-state index in [1.54, 1.807) is 0 Å². The zero-order valence-corrected chi connectivity index (χ0v) is 16.8. The molecular formula is C22H25N7. The van der Waals surface area contributed by atoms with Crippen LogP contribution < -0.4 is 0 Å². The predicted molar refractivity (Wildman–Crippen MR) is 112 cm³/mol. The van der Waals surface area contributed by atoms with E-state index in [9.17, 15) is 0 Å². The lowest BCUT2D eigenvalue weighted by Gasteiger charge is -2.38. The molecule has 4 aromatic rings. The molecule has 1 unspecified atom stereocenters. The molecule has 0 aliphatic carbocycles. The van der Waals surface area contributed by atoms with Gasteiger partial charge in [-0.05, 0) is 31.3 Å². The molecule has 7 nitrogen and oxygen atoms in total. The zero-order valence-electron chi connectivity index (χ0n) is 16.8. The smallest absolute Gasteiger partial charge is 0.137 e. The highest BCUT2D eigenvalue weighted by molar-refractivity contribution is 5.63. The van der Waals surface area contributed by atoms with Crippen molar-refractivity contribution in [2.75, 3.05) is 26.7 Å². The van der Waals surface area contributed by atoms with Gasteiger partial charge < -0.3 is 0 Å². The van der Waals surface area contributed by atoms with Crippen LogP contribution in [0.5, 0.6) is 0 Å². The maximum Gasteiger partial charge on any atom is 0.137 e. The minimum atomic E-state index is 0.269. The molecule has 0 aromatic carbocycles. The van der Waals surface area contributed by atoms with Crippen LogP contribution in [-0.2, 0) is 13.6 Å². The third-order valence-electron chi connectivity index (χ3n) is 5.72. The molecule has 0 radical (unpaired) electrons. The van der Waals surface area contributed by atoms with Gasteiger partial charge in [-0.25, -0.2) is 4.98 Å². The lowest BCUT2D eigenvalue weighted by molar-refractivity contribution is 0.0885. The van der Waals surface area contributed by atoms with E-state index in [2.05, 4.69) is 61.9 Å². The van der Waals surface area contributed by atoms with Gasteiger partial charge in [-0.3, -0.25) is 23.9 Å². The summed E-state index contributed by atoms with van der Waals surface area (Å²) in [5.74, 6) is 0. The van der Waals surface area contributed by atoms with Gasteiger partial charge in [0.25, 0.3) is 0 Å². The van der Waals surface area contributed by atoms with Crippen LogP contribution in [0.1, 0.15) is 17.3 Å². The molecule has 5 heterocycles. The van der Waals surface area contributed by atoms with Crippen LogP contribution in [0.4, 0.5) is 0 Å². The van der Waals surface area contributed by atoms with E-state index >= 15 is 0 Å². The summed E-state index contributed by atoms with van der Waals surface area (Å²) in [4.78, 5) is 14.0. The van der Waals surface area contributed by atoms with Crippen LogP contribution in [0.3, 0.4) is 0 Å². The lowest BCUT2D eigenvalue weighted by atomic mass is 10.1. The number of likely N-dealkylation sites (N-methyl/N-ethyl adjacent to an activating group) is 1. The molecule has 7 heteroatoms. The minimum Gasteiger partial charge on any atom is -0.299 e. The maximum absolute atomic E-state index is 4.98. The minimum absolute atomic E-state index is 0.269. The second-order valence-electron chi connectivity index (χ2n) is 7.79. The molecule has 0 saturated carbocycles. The van der Waals surface area contributed by atoms with Crippen molar-refractivity contribution in [3.8, 4) is 11.3 Å². The molecular weight excluding hydrogens is 362 g/mol. The molecule has 29 heavy (non-hydrogen) atoms. The fraction of sp³-hybridized carbons (Fsp3) is 0.318. The van der Waals surface area contributed by atoms with Gasteiger partial charge in [0.05, 0.1) is 23.6 Å². The Morgan fingerprint density at radius 3 is 2.69 bits per heavy atom. The van der Waals surface area contributed by atoms with Gasteiger partial charge in [-0.1, -0.05) is 6.07 Å². The second-order valence-corrected chi connectivity index (χ2v) is 7.79. The number of imidazole rings is 1. The predicted octanol–water partition coefficient (Wildman–Crippen LogP) is 2.62. The van der Waals surface area contributed by atoms with Crippen LogP contribution in [0, 0.1) is 0 Å². The van der Waals surface area contributed by atoms with E-state index in [1.807, 2.05) is 42.5 Å². The Morgan fingerprint density at radius 2 is 1.90 bits per heavy atom. The molecule has 4 aromatic heterocycles. The number of aromatic nitrogens is 5. The molecule has 0 spiro atoms. The third-order valence-corrected chi connectivity index (χ3v) is 5.72. The van der Waals surface area contributed by atoms with Crippen molar-refractivity contribution in [1.82, 2.24) is 33.9 Å². The van der Waals surface area contributed by atoms with Gasteiger partial charge in [0.1, 0.15) is 5.65 Å². The normalized spacial score (nSPS) is 18.5. The first-order valence-corrected chi connectivity index (χ1v) is 9.96. The standard InChI is InChI=1S/C22H25N7/c1-26-10-11-28(14-17-12-24-27(2)13-17)16-21(26)19-15-29-20(4-3-5-22(29)25-19)18-6-8-23-9-7-18/h3-9,12-13,15,21H,10-11,14,16H2,1-2H3. The number of aryl methyl sites for hydroxylation is 1. The molecule has 0 bridgehead atoms. The van der Waals surface area contributed by atoms with Crippen molar-refractivity contribution in [2.24, 2.45) is 7.05 Å². The van der Waals surface area contributed by atoms with Gasteiger partial charge in [-0.2, -0.15) is 5.10 Å². The van der Waals surface area contributed by atoms with E-state index in [4.69, 9.17) is 4.98 Å². The summed E-state index contributed by atoms with van der Waals surface area (Å²) >= 11 is 0. The first-order valence-electron chi connectivity index (χ1n) is 9.96. The largest absolute Gasteiger partial charge is 0.299 e. The van der Waals surface area contributed by atoms with Gasteiger partial charge in [0.2, 0.25) is 0 Å². The van der Waals surface area contributed by atoms with Crippen molar-refractivity contribution < 1.29 is 0 Å². The van der Waals surface area contributed by atoms with Gasteiger partial charge in [-0.15, -0.1) is 0 Å². The number of hydrogen-bond donors (Lipinski definition) is 0. The van der Waals surface area contributed by atoms with Crippen molar-refractivity contribution in [3.63, 3.8) is 0 Å². The summed E-state index contributed by atoms with van der Waals surface area (Å²) in [6.45, 7) is 3.96. The first-order chi connectivity index (χ1) is 14.2. The molecule has 1 aliphatic heterocycles. The first kappa shape index (κ1) is 18.0. The van der Waals surface area contributed by atoms with Gasteiger partial charge in [0.15, 0.2) is 0 Å². The summed E-state index contributed by atoms with van der Waals surface area (Å²) < 4.78 is 4.06. The number of fused-ring (bicyclic) bond motifs is 1. The Kier molecular flexibility index (Phi) is 4.61.